The summed E-state index contributed by atoms with van der Waals surface area (Å²) in [7, 11) is 0. The quantitative estimate of drug-likeness (QED) is 0.546. The molecular formula is C8H5N5O3S. The van der Waals surface area contributed by atoms with Crippen LogP contribution in [0.4, 0.5) is 11.0 Å². The first-order valence-corrected chi connectivity index (χ1v) is 5.31. The third kappa shape index (κ3) is 1.52. The molecule has 0 aliphatic carbocycles. The van der Waals surface area contributed by atoms with Gasteiger partial charge in [-0.05, 0) is 6.07 Å². The van der Waals surface area contributed by atoms with E-state index in [9.17, 15) is 10.1 Å². The van der Waals surface area contributed by atoms with Crippen LogP contribution in [0.15, 0.2) is 22.7 Å². The van der Waals surface area contributed by atoms with Gasteiger partial charge in [0.15, 0.2) is 5.76 Å². The summed E-state index contributed by atoms with van der Waals surface area (Å²) in [6.07, 6.45) is 1.60. The van der Waals surface area contributed by atoms with Crippen molar-refractivity contribution < 1.29 is 9.34 Å². The number of rotatable bonds is 2. The predicted molar refractivity (Wildman–Crippen MR) is 59.6 cm³/mol. The van der Waals surface area contributed by atoms with Crippen LogP contribution in [-0.2, 0) is 0 Å². The molecule has 0 aliphatic rings. The molecule has 3 heterocycles. The number of furan rings is 1. The predicted octanol–water partition coefficient (Wildman–Crippen LogP) is 1.54. The standard InChI is InChI=1S/C8H5N5O3S/c9-7-11-12-3-4(10-8(12)17-7)5-1-2-6(16-5)13(14)15/h1-3H,(H2,9,11). The fourth-order valence-electron chi connectivity index (χ4n) is 1.40. The molecule has 0 bridgehead atoms. The fourth-order valence-corrected chi connectivity index (χ4v) is 2.04. The van der Waals surface area contributed by atoms with Gasteiger partial charge >= 0.3 is 5.88 Å². The minimum Gasteiger partial charge on any atom is -0.399 e. The van der Waals surface area contributed by atoms with Gasteiger partial charge in [-0.3, -0.25) is 10.1 Å². The Morgan fingerprint density at radius 3 is 3.00 bits per heavy atom. The third-order valence-corrected chi connectivity index (χ3v) is 2.83. The second-order valence-electron chi connectivity index (χ2n) is 3.19. The molecule has 0 saturated heterocycles. The smallest absolute Gasteiger partial charge is 0.399 e. The highest BCUT2D eigenvalue weighted by atomic mass is 32.1. The summed E-state index contributed by atoms with van der Waals surface area (Å²) in [6, 6.07) is 2.78. The average molecular weight is 251 g/mol. The normalized spacial score (nSPS) is 11.1. The Hall–Kier alpha value is -2.42. The number of aromatic nitrogens is 3. The van der Waals surface area contributed by atoms with Crippen LogP contribution in [0.3, 0.4) is 0 Å². The molecule has 0 spiro atoms. The molecule has 86 valence electrons. The first kappa shape index (κ1) is 9.78. The molecule has 17 heavy (non-hydrogen) atoms. The number of hydrogen-bond donors (Lipinski definition) is 1. The molecule has 3 rings (SSSR count). The molecule has 2 N–H and O–H groups in total. The van der Waals surface area contributed by atoms with Crippen molar-refractivity contribution in [2.24, 2.45) is 0 Å². The van der Waals surface area contributed by atoms with E-state index in [1.54, 1.807) is 6.20 Å². The first-order valence-electron chi connectivity index (χ1n) is 4.50. The lowest BCUT2D eigenvalue weighted by atomic mass is 10.4. The van der Waals surface area contributed by atoms with Gasteiger partial charge in [0, 0.05) is 0 Å². The molecule has 3 aromatic rings. The van der Waals surface area contributed by atoms with Gasteiger partial charge in [0.05, 0.1) is 12.3 Å². The second kappa shape index (κ2) is 3.28. The van der Waals surface area contributed by atoms with Crippen molar-refractivity contribution in [3.05, 3.63) is 28.4 Å². The van der Waals surface area contributed by atoms with E-state index in [1.165, 1.54) is 28.0 Å². The Morgan fingerprint density at radius 1 is 1.53 bits per heavy atom. The SMILES string of the molecule is Nc1nn2cc(-c3ccc([N+](=O)[O-])o3)nc2s1. The Morgan fingerprint density at radius 2 is 2.35 bits per heavy atom. The Labute approximate surface area is 97.4 Å². The lowest BCUT2D eigenvalue weighted by molar-refractivity contribution is -0.401. The zero-order valence-electron chi connectivity index (χ0n) is 8.23. The van der Waals surface area contributed by atoms with E-state index < -0.39 is 4.92 Å². The van der Waals surface area contributed by atoms with Crippen LogP contribution in [0, 0.1) is 10.1 Å². The van der Waals surface area contributed by atoms with Crippen molar-refractivity contribution in [1.29, 1.82) is 0 Å². The van der Waals surface area contributed by atoms with E-state index in [-0.39, 0.29) is 5.88 Å². The van der Waals surface area contributed by atoms with Gasteiger partial charge in [0.2, 0.25) is 10.1 Å². The van der Waals surface area contributed by atoms with Gasteiger partial charge in [-0.2, -0.15) is 0 Å². The van der Waals surface area contributed by atoms with Gasteiger partial charge in [0.25, 0.3) is 0 Å². The average Bonchev–Trinajstić information content (AvgIpc) is 2.87. The lowest BCUT2D eigenvalue weighted by Gasteiger charge is -1.86. The van der Waals surface area contributed by atoms with Crippen LogP contribution in [0.1, 0.15) is 0 Å². The number of nitrogen functional groups attached to an aromatic ring is 1. The largest absolute Gasteiger partial charge is 0.433 e. The maximum Gasteiger partial charge on any atom is 0.433 e. The van der Waals surface area contributed by atoms with Crippen molar-refractivity contribution >= 4 is 27.3 Å². The molecular weight excluding hydrogens is 246 g/mol. The third-order valence-electron chi connectivity index (χ3n) is 2.08. The molecule has 0 atom stereocenters. The van der Waals surface area contributed by atoms with Gasteiger partial charge in [0.1, 0.15) is 10.6 Å². The van der Waals surface area contributed by atoms with Gasteiger partial charge in [-0.25, -0.2) is 9.50 Å². The second-order valence-corrected chi connectivity index (χ2v) is 4.18. The highest BCUT2D eigenvalue weighted by Crippen LogP contribution is 2.27. The summed E-state index contributed by atoms with van der Waals surface area (Å²) >= 11 is 1.22. The van der Waals surface area contributed by atoms with E-state index in [2.05, 4.69) is 10.1 Å². The number of nitrogens with two attached hydrogens (primary N) is 1. The Bertz CT molecular complexity index is 680. The zero-order chi connectivity index (χ0) is 12.0. The van der Waals surface area contributed by atoms with E-state index >= 15 is 0 Å². The summed E-state index contributed by atoms with van der Waals surface area (Å²) in [5.41, 5.74) is 5.98. The van der Waals surface area contributed by atoms with Crippen LogP contribution >= 0.6 is 11.3 Å². The maximum absolute atomic E-state index is 10.5. The Balaban J connectivity index is 2.07. The molecule has 0 amide bonds. The highest BCUT2D eigenvalue weighted by molar-refractivity contribution is 7.20. The number of imidazole rings is 1. The molecule has 0 fully saturated rings. The fraction of sp³-hybridized carbons (Fsp3) is 0. The lowest BCUT2D eigenvalue weighted by Crippen LogP contribution is -1.85. The van der Waals surface area contributed by atoms with Crippen molar-refractivity contribution in [3.63, 3.8) is 0 Å². The van der Waals surface area contributed by atoms with E-state index in [0.717, 1.165) is 0 Å². The topological polar surface area (TPSA) is 112 Å². The van der Waals surface area contributed by atoms with Gasteiger partial charge in [-0.1, -0.05) is 11.3 Å². The van der Waals surface area contributed by atoms with Crippen molar-refractivity contribution in [2.75, 3.05) is 5.73 Å². The van der Waals surface area contributed by atoms with Crippen LogP contribution in [0.5, 0.6) is 0 Å². The number of hydrogen-bond acceptors (Lipinski definition) is 7. The van der Waals surface area contributed by atoms with Gasteiger partial charge in [-0.15, -0.1) is 5.10 Å². The monoisotopic (exact) mass is 251 g/mol. The van der Waals surface area contributed by atoms with Crippen molar-refractivity contribution in [2.45, 2.75) is 0 Å². The molecule has 0 aliphatic heterocycles. The molecule has 0 radical (unpaired) electrons. The molecule has 3 aromatic heterocycles. The molecule has 0 aromatic carbocycles. The van der Waals surface area contributed by atoms with Crippen LogP contribution in [0.2, 0.25) is 0 Å². The minimum atomic E-state index is -0.599. The Kier molecular flexibility index (Phi) is 1.89. The molecule has 9 heteroatoms. The summed E-state index contributed by atoms with van der Waals surface area (Å²) in [4.78, 5) is 14.7. The highest BCUT2D eigenvalue weighted by Gasteiger charge is 2.16. The van der Waals surface area contributed by atoms with Crippen molar-refractivity contribution in [3.8, 4) is 11.5 Å². The number of fused-ring (bicyclic) bond motifs is 1. The maximum atomic E-state index is 10.5. The van der Waals surface area contributed by atoms with E-state index in [1.807, 2.05) is 0 Å². The number of nitrogens with zero attached hydrogens (tertiary/aromatic N) is 4. The van der Waals surface area contributed by atoms with Crippen LogP contribution in [-0.4, -0.2) is 19.5 Å². The summed E-state index contributed by atoms with van der Waals surface area (Å²) < 4.78 is 6.53. The van der Waals surface area contributed by atoms with Crippen LogP contribution in [0.25, 0.3) is 16.4 Å². The van der Waals surface area contributed by atoms with Gasteiger partial charge < -0.3 is 10.2 Å². The summed E-state index contributed by atoms with van der Waals surface area (Å²) in [6.45, 7) is 0. The summed E-state index contributed by atoms with van der Waals surface area (Å²) in [5, 5.41) is 14.9. The molecule has 0 unspecified atom stereocenters. The zero-order valence-corrected chi connectivity index (χ0v) is 9.05. The van der Waals surface area contributed by atoms with Crippen molar-refractivity contribution in [1.82, 2.24) is 14.6 Å². The first-order chi connectivity index (χ1) is 8.13. The van der Waals surface area contributed by atoms with E-state index in [4.69, 9.17) is 10.2 Å². The molecule has 0 saturated carbocycles. The summed E-state index contributed by atoms with van der Waals surface area (Å²) in [5.74, 6) is 0.0109. The molecule has 8 nitrogen and oxygen atoms in total. The number of anilines is 1. The minimum absolute atomic E-state index is 0.316. The number of nitro groups is 1. The van der Waals surface area contributed by atoms with E-state index in [0.29, 0.717) is 21.5 Å². The van der Waals surface area contributed by atoms with Crippen LogP contribution < -0.4 is 5.73 Å².